The van der Waals surface area contributed by atoms with Gasteiger partial charge in [-0.3, -0.25) is 0 Å². The second-order valence-electron chi connectivity index (χ2n) is 9.01. The quantitative estimate of drug-likeness (QED) is 0.591. The number of likely N-dealkylation sites (tertiary alicyclic amines) is 1. The van der Waals surface area contributed by atoms with E-state index in [1.54, 1.807) is 10.3 Å². The van der Waals surface area contributed by atoms with Crippen LogP contribution >= 0.6 is 11.3 Å². The molecule has 3 aliphatic rings. The highest BCUT2D eigenvalue weighted by molar-refractivity contribution is 7.09. The van der Waals surface area contributed by atoms with E-state index in [2.05, 4.69) is 11.1 Å². The van der Waals surface area contributed by atoms with Gasteiger partial charge in [-0.1, -0.05) is 30.4 Å². The predicted octanol–water partition coefficient (Wildman–Crippen LogP) is 5.37. The van der Waals surface area contributed by atoms with E-state index in [-0.39, 0.29) is 17.9 Å². The number of carbonyl (C=O) groups excluding carboxylic acids is 2. The summed E-state index contributed by atoms with van der Waals surface area (Å²) in [5, 5.41) is 2.69. The minimum atomic E-state index is -0.494. The molecule has 0 spiro atoms. The van der Waals surface area contributed by atoms with Crippen molar-refractivity contribution in [3.8, 4) is 0 Å². The van der Waals surface area contributed by atoms with Gasteiger partial charge in [-0.2, -0.15) is 0 Å². The molecular formula is C24H28N2O4S. The number of thiazole rings is 1. The molecular weight excluding hydrogens is 412 g/mol. The fourth-order valence-corrected chi connectivity index (χ4v) is 4.88. The lowest BCUT2D eigenvalue weighted by Gasteiger charge is -2.32. The Morgan fingerprint density at radius 2 is 1.94 bits per heavy atom. The molecule has 31 heavy (non-hydrogen) atoms. The first-order valence-electron chi connectivity index (χ1n) is 10.7. The van der Waals surface area contributed by atoms with Crippen LogP contribution < -0.4 is 0 Å². The zero-order valence-corrected chi connectivity index (χ0v) is 19.0. The minimum Gasteiger partial charge on any atom is -0.444 e. The van der Waals surface area contributed by atoms with Crippen LogP contribution in [0.25, 0.3) is 0 Å². The summed E-state index contributed by atoms with van der Waals surface area (Å²) in [6, 6.07) is 0. The summed E-state index contributed by atoms with van der Waals surface area (Å²) in [4.78, 5) is 31.3. The molecule has 1 fully saturated rings. The van der Waals surface area contributed by atoms with Crippen molar-refractivity contribution in [3.05, 3.63) is 63.9 Å². The van der Waals surface area contributed by atoms with Crippen LogP contribution in [0.3, 0.4) is 0 Å². The van der Waals surface area contributed by atoms with Crippen LogP contribution in [0.2, 0.25) is 0 Å². The van der Waals surface area contributed by atoms with Gasteiger partial charge in [0.1, 0.15) is 11.4 Å². The van der Waals surface area contributed by atoms with Crippen LogP contribution in [0, 0.1) is 5.92 Å². The normalized spacial score (nSPS) is 21.3. The number of fused-ring (bicyclic) bond motifs is 1. The molecule has 0 radical (unpaired) electrons. The zero-order chi connectivity index (χ0) is 22.0. The molecule has 2 heterocycles. The van der Waals surface area contributed by atoms with Gasteiger partial charge in [0.2, 0.25) is 0 Å². The van der Waals surface area contributed by atoms with Gasteiger partial charge < -0.3 is 14.4 Å². The number of rotatable bonds is 3. The number of esters is 1. The van der Waals surface area contributed by atoms with E-state index in [1.807, 2.05) is 51.2 Å². The number of hydrogen-bond acceptors (Lipinski definition) is 6. The molecule has 0 N–H and O–H groups in total. The van der Waals surface area contributed by atoms with Crippen molar-refractivity contribution >= 4 is 23.4 Å². The largest absolute Gasteiger partial charge is 0.444 e. The first kappa shape index (κ1) is 21.6. The molecule has 6 nitrogen and oxygen atoms in total. The molecule has 4 rings (SSSR count). The van der Waals surface area contributed by atoms with Gasteiger partial charge >= 0.3 is 12.1 Å². The van der Waals surface area contributed by atoms with Gasteiger partial charge in [0, 0.05) is 35.9 Å². The third-order valence-corrected chi connectivity index (χ3v) is 6.51. The molecule has 7 heteroatoms. The van der Waals surface area contributed by atoms with Crippen molar-refractivity contribution < 1.29 is 19.1 Å². The molecule has 1 saturated heterocycles. The van der Waals surface area contributed by atoms with Crippen molar-refractivity contribution in [2.45, 2.75) is 51.6 Å². The summed E-state index contributed by atoms with van der Waals surface area (Å²) in [6.07, 6.45) is 14.3. The summed E-state index contributed by atoms with van der Waals surface area (Å²) in [5.74, 6) is 0.670. The molecule has 1 aromatic rings. The lowest BCUT2D eigenvalue weighted by atomic mass is 9.87. The first-order valence-corrected chi connectivity index (χ1v) is 11.6. The van der Waals surface area contributed by atoms with Crippen molar-refractivity contribution in [1.29, 1.82) is 0 Å². The summed E-state index contributed by atoms with van der Waals surface area (Å²) in [7, 11) is 0. The smallest absolute Gasteiger partial charge is 0.410 e. The Labute approximate surface area is 186 Å². The van der Waals surface area contributed by atoms with Crippen LogP contribution in [0.15, 0.2) is 53.2 Å². The molecule has 2 aliphatic carbocycles. The predicted molar refractivity (Wildman–Crippen MR) is 120 cm³/mol. The molecule has 0 bridgehead atoms. The average Bonchev–Trinajstić information content (AvgIpc) is 3.23. The summed E-state index contributed by atoms with van der Waals surface area (Å²) in [6.45, 7) is 6.86. The van der Waals surface area contributed by atoms with E-state index in [9.17, 15) is 9.59 Å². The highest BCUT2D eigenvalue weighted by atomic mass is 32.1. The van der Waals surface area contributed by atoms with Crippen molar-refractivity contribution in [1.82, 2.24) is 9.88 Å². The molecule has 1 aliphatic heterocycles. The van der Waals surface area contributed by atoms with E-state index < -0.39 is 11.6 Å². The van der Waals surface area contributed by atoms with E-state index in [0.717, 1.165) is 29.8 Å². The number of ether oxygens (including phenoxy) is 2. The maximum Gasteiger partial charge on any atom is 0.410 e. The van der Waals surface area contributed by atoms with Crippen molar-refractivity contribution in [2.75, 3.05) is 13.1 Å². The summed E-state index contributed by atoms with van der Waals surface area (Å²) < 4.78 is 11.1. The van der Waals surface area contributed by atoms with Crippen LogP contribution in [0.4, 0.5) is 4.79 Å². The lowest BCUT2D eigenvalue weighted by molar-refractivity contribution is 0.0204. The van der Waals surface area contributed by atoms with Crippen LogP contribution in [0.1, 0.15) is 61.4 Å². The van der Waals surface area contributed by atoms with E-state index in [4.69, 9.17) is 9.47 Å². The Bertz CT molecular complexity index is 972. The van der Waals surface area contributed by atoms with E-state index in [1.165, 1.54) is 11.3 Å². The van der Waals surface area contributed by atoms with Crippen LogP contribution in [-0.4, -0.2) is 40.6 Å². The van der Waals surface area contributed by atoms with Crippen LogP contribution in [-0.2, 0) is 9.47 Å². The molecule has 0 aromatic carbocycles. The molecule has 1 aromatic heterocycles. The fraction of sp³-hybridized carbons (Fsp3) is 0.458. The maximum absolute atomic E-state index is 12.7. The topological polar surface area (TPSA) is 68.7 Å². The van der Waals surface area contributed by atoms with Gasteiger partial charge in [0.05, 0.1) is 5.01 Å². The van der Waals surface area contributed by atoms with E-state index in [0.29, 0.717) is 24.5 Å². The van der Waals surface area contributed by atoms with Gasteiger partial charge in [-0.15, -0.1) is 11.3 Å². The number of piperidine rings is 1. The van der Waals surface area contributed by atoms with E-state index >= 15 is 0 Å². The lowest BCUT2D eigenvalue weighted by Crippen LogP contribution is -2.41. The molecule has 1 unspecified atom stereocenters. The second kappa shape index (κ2) is 8.83. The van der Waals surface area contributed by atoms with Crippen molar-refractivity contribution in [3.63, 3.8) is 0 Å². The summed E-state index contributed by atoms with van der Waals surface area (Å²) in [5.41, 5.74) is 0.878. The highest BCUT2D eigenvalue weighted by Gasteiger charge is 2.29. The molecule has 1 amide bonds. The maximum atomic E-state index is 12.7. The Morgan fingerprint density at radius 1 is 1.16 bits per heavy atom. The molecule has 1 atom stereocenters. The standard InChI is InChI=1S/C24H28N2O4S/c1-24(2,3)30-23(28)26-13-11-17(12-14-26)21-25-19(15-31-21)22(27)29-20-10-6-8-16-7-4-5-9-18(16)20/h4-7,9-10,15-17H,8,11-14H2,1-3H3. The average molecular weight is 441 g/mol. The van der Waals surface area contributed by atoms with Gasteiger partial charge in [0.15, 0.2) is 5.69 Å². The Kier molecular flexibility index (Phi) is 6.14. The number of amides is 1. The monoisotopic (exact) mass is 440 g/mol. The van der Waals surface area contributed by atoms with Gasteiger partial charge in [0.25, 0.3) is 0 Å². The first-order chi connectivity index (χ1) is 14.8. The molecule has 164 valence electrons. The van der Waals surface area contributed by atoms with Crippen molar-refractivity contribution in [2.24, 2.45) is 5.92 Å². The van der Waals surface area contributed by atoms with Gasteiger partial charge in [-0.05, 0) is 46.1 Å². The van der Waals surface area contributed by atoms with Crippen LogP contribution in [0.5, 0.6) is 0 Å². The van der Waals surface area contributed by atoms with Gasteiger partial charge in [-0.25, -0.2) is 14.6 Å². The third-order valence-electron chi connectivity index (χ3n) is 5.50. The highest BCUT2D eigenvalue weighted by Crippen LogP contribution is 2.33. The second-order valence-corrected chi connectivity index (χ2v) is 9.90. The number of aromatic nitrogens is 1. The number of hydrogen-bond donors (Lipinski definition) is 0. The zero-order valence-electron chi connectivity index (χ0n) is 18.2. The SMILES string of the molecule is CC(C)(C)OC(=O)N1CCC(c2nc(C(=O)OC3=C4C=CC=CC4CC=C3)cs2)CC1. The Morgan fingerprint density at radius 3 is 2.68 bits per heavy atom. The Hall–Kier alpha value is -2.67. The third kappa shape index (κ3) is 5.15. The number of carbonyl (C=O) groups is 2. The molecule has 0 saturated carbocycles. The minimum absolute atomic E-state index is 0.234. The summed E-state index contributed by atoms with van der Waals surface area (Å²) >= 11 is 1.48. The Balaban J connectivity index is 1.36. The number of nitrogens with zero attached hydrogens (tertiary/aromatic N) is 2. The number of allylic oxidation sites excluding steroid dienone is 7. The fourth-order valence-electron chi connectivity index (χ4n) is 3.92.